The highest BCUT2D eigenvalue weighted by Crippen LogP contribution is 2.26. The van der Waals surface area contributed by atoms with Crippen LogP contribution in [-0.2, 0) is 16.6 Å². The summed E-state index contributed by atoms with van der Waals surface area (Å²) in [5, 5.41) is 0. The first-order valence-corrected chi connectivity index (χ1v) is 8.85. The molecule has 0 radical (unpaired) electrons. The van der Waals surface area contributed by atoms with Gasteiger partial charge in [-0.3, -0.25) is 0 Å². The monoisotopic (exact) mass is 436 g/mol. The Morgan fingerprint density at radius 2 is 1.76 bits per heavy atom. The van der Waals surface area contributed by atoms with E-state index in [1.165, 1.54) is 0 Å². The average Bonchev–Trinajstić information content (AvgIpc) is 2.42. The maximum atomic E-state index is 13.8. The predicted molar refractivity (Wildman–Crippen MR) is 86.7 cm³/mol. The van der Waals surface area contributed by atoms with Crippen LogP contribution in [-0.4, -0.2) is 8.42 Å². The number of nitrogens with two attached hydrogens (primary N) is 1. The van der Waals surface area contributed by atoms with Gasteiger partial charge in [-0.15, -0.1) is 0 Å². The van der Waals surface area contributed by atoms with Gasteiger partial charge in [0.15, 0.2) is 0 Å². The van der Waals surface area contributed by atoms with E-state index >= 15 is 0 Å². The van der Waals surface area contributed by atoms with Crippen LogP contribution in [0.2, 0.25) is 0 Å². The SMILES string of the molecule is Nc1cc(S(=O)(=O)NCc2ccc(Br)cc2)c(F)cc1Br. The number of hydrogen-bond acceptors (Lipinski definition) is 3. The van der Waals surface area contributed by atoms with Crippen LogP contribution in [0, 0.1) is 5.82 Å². The molecule has 2 rings (SSSR count). The lowest BCUT2D eigenvalue weighted by atomic mass is 10.2. The lowest BCUT2D eigenvalue weighted by Crippen LogP contribution is -2.24. The second-order valence-electron chi connectivity index (χ2n) is 4.26. The Labute approximate surface area is 138 Å². The summed E-state index contributed by atoms with van der Waals surface area (Å²) in [5.41, 5.74) is 6.51. The fraction of sp³-hybridized carbons (Fsp3) is 0.0769. The van der Waals surface area contributed by atoms with Crippen LogP contribution >= 0.6 is 31.9 Å². The molecular weight excluding hydrogens is 427 g/mol. The summed E-state index contributed by atoms with van der Waals surface area (Å²) in [6.07, 6.45) is 0. The maximum absolute atomic E-state index is 13.8. The van der Waals surface area contributed by atoms with Gasteiger partial charge in [-0.1, -0.05) is 28.1 Å². The molecule has 0 unspecified atom stereocenters. The molecular formula is C13H11Br2FN2O2S. The van der Waals surface area contributed by atoms with Gasteiger partial charge in [0.2, 0.25) is 10.0 Å². The van der Waals surface area contributed by atoms with Gasteiger partial charge in [0.1, 0.15) is 10.7 Å². The van der Waals surface area contributed by atoms with Crippen molar-refractivity contribution in [3.8, 4) is 0 Å². The molecule has 0 amide bonds. The Bertz CT molecular complexity index is 764. The molecule has 2 aromatic rings. The van der Waals surface area contributed by atoms with Gasteiger partial charge in [0, 0.05) is 21.2 Å². The molecule has 8 heteroatoms. The zero-order valence-electron chi connectivity index (χ0n) is 10.6. The van der Waals surface area contributed by atoms with E-state index in [1.54, 1.807) is 24.3 Å². The van der Waals surface area contributed by atoms with E-state index in [0.29, 0.717) is 4.47 Å². The topological polar surface area (TPSA) is 72.2 Å². The van der Waals surface area contributed by atoms with E-state index in [2.05, 4.69) is 36.6 Å². The first-order valence-electron chi connectivity index (χ1n) is 5.78. The molecule has 0 heterocycles. The number of benzene rings is 2. The Hall–Kier alpha value is -0.960. The van der Waals surface area contributed by atoms with Gasteiger partial charge < -0.3 is 5.73 Å². The summed E-state index contributed by atoms with van der Waals surface area (Å²) in [7, 11) is -3.98. The van der Waals surface area contributed by atoms with Crippen molar-refractivity contribution in [2.45, 2.75) is 11.4 Å². The molecule has 0 saturated carbocycles. The standard InChI is InChI=1S/C13H11Br2FN2O2S/c14-9-3-1-8(2-4-9)7-18-21(19,20)13-6-12(17)10(15)5-11(13)16/h1-6,18H,7,17H2. The number of sulfonamides is 1. The fourth-order valence-corrected chi connectivity index (χ4v) is 3.30. The van der Waals surface area contributed by atoms with Crippen molar-refractivity contribution < 1.29 is 12.8 Å². The third kappa shape index (κ3) is 4.03. The van der Waals surface area contributed by atoms with Crippen LogP contribution in [0.3, 0.4) is 0 Å². The lowest BCUT2D eigenvalue weighted by molar-refractivity contribution is 0.556. The number of rotatable bonds is 4. The van der Waals surface area contributed by atoms with E-state index in [4.69, 9.17) is 5.73 Å². The van der Waals surface area contributed by atoms with Gasteiger partial charge >= 0.3 is 0 Å². The predicted octanol–water partition coefficient (Wildman–Crippen LogP) is 3.41. The molecule has 2 aromatic carbocycles. The summed E-state index contributed by atoms with van der Waals surface area (Å²) in [6.45, 7) is 0.0605. The molecule has 0 saturated heterocycles. The molecule has 0 aromatic heterocycles. The Morgan fingerprint density at radius 3 is 2.38 bits per heavy atom. The smallest absolute Gasteiger partial charge is 0.243 e. The van der Waals surface area contributed by atoms with Crippen LogP contribution in [0.25, 0.3) is 0 Å². The third-order valence-electron chi connectivity index (χ3n) is 2.72. The number of nitrogens with one attached hydrogen (secondary N) is 1. The van der Waals surface area contributed by atoms with E-state index < -0.39 is 20.7 Å². The van der Waals surface area contributed by atoms with Crippen LogP contribution in [0.5, 0.6) is 0 Å². The zero-order chi connectivity index (χ0) is 15.6. The molecule has 21 heavy (non-hydrogen) atoms. The van der Waals surface area contributed by atoms with E-state index in [0.717, 1.165) is 22.2 Å². The number of hydrogen-bond donors (Lipinski definition) is 2. The number of halogens is 3. The van der Waals surface area contributed by atoms with E-state index in [9.17, 15) is 12.8 Å². The first kappa shape index (κ1) is 16.4. The summed E-state index contributed by atoms with van der Waals surface area (Å²) in [4.78, 5) is -0.472. The molecule has 0 aliphatic carbocycles. The molecule has 112 valence electrons. The molecule has 0 aliphatic rings. The average molecular weight is 438 g/mol. The van der Waals surface area contributed by atoms with Crippen molar-refractivity contribution in [3.63, 3.8) is 0 Å². The molecule has 4 nitrogen and oxygen atoms in total. The van der Waals surface area contributed by atoms with Gasteiger partial charge in [-0.2, -0.15) is 0 Å². The van der Waals surface area contributed by atoms with Crippen molar-refractivity contribution in [2.24, 2.45) is 0 Å². The highest BCUT2D eigenvalue weighted by molar-refractivity contribution is 9.10. The lowest BCUT2D eigenvalue weighted by Gasteiger charge is -2.09. The minimum Gasteiger partial charge on any atom is -0.398 e. The van der Waals surface area contributed by atoms with Crippen molar-refractivity contribution in [1.82, 2.24) is 4.72 Å². The van der Waals surface area contributed by atoms with Crippen molar-refractivity contribution in [1.29, 1.82) is 0 Å². The summed E-state index contributed by atoms with van der Waals surface area (Å²) in [5.74, 6) is -0.862. The Kier molecular flexibility index (Phi) is 5.03. The molecule has 3 N–H and O–H groups in total. The highest BCUT2D eigenvalue weighted by Gasteiger charge is 2.20. The van der Waals surface area contributed by atoms with Crippen molar-refractivity contribution in [3.05, 3.63) is 56.7 Å². The Balaban J connectivity index is 2.22. The molecule has 0 atom stereocenters. The highest BCUT2D eigenvalue weighted by atomic mass is 79.9. The minimum atomic E-state index is -3.98. The Morgan fingerprint density at radius 1 is 1.14 bits per heavy atom. The zero-order valence-corrected chi connectivity index (χ0v) is 14.6. The van der Waals surface area contributed by atoms with Crippen molar-refractivity contribution in [2.75, 3.05) is 5.73 Å². The maximum Gasteiger partial charge on any atom is 0.243 e. The fourth-order valence-electron chi connectivity index (χ4n) is 1.61. The molecule has 0 bridgehead atoms. The third-order valence-corrected chi connectivity index (χ3v) is 5.35. The molecule has 0 fully saturated rings. The van der Waals surface area contributed by atoms with Gasteiger partial charge in [-0.25, -0.2) is 17.5 Å². The number of nitrogen functional groups attached to an aromatic ring is 1. The van der Waals surface area contributed by atoms with Crippen LogP contribution in [0.1, 0.15) is 5.56 Å². The van der Waals surface area contributed by atoms with Crippen LogP contribution in [0.4, 0.5) is 10.1 Å². The van der Waals surface area contributed by atoms with Crippen molar-refractivity contribution >= 4 is 47.6 Å². The quantitative estimate of drug-likeness (QED) is 0.720. The van der Waals surface area contributed by atoms with Crippen LogP contribution in [0.15, 0.2) is 50.2 Å². The summed E-state index contributed by atoms with van der Waals surface area (Å²) < 4.78 is 41.6. The summed E-state index contributed by atoms with van der Waals surface area (Å²) >= 11 is 6.34. The second-order valence-corrected chi connectivity index (χ2v) is 7.76. The van der Waals surface area contributed by atoms with Crippen LogP contribution < -0.4 is 10.5 Å². The van der Waals surface area contributed by atoms with Gasteiger partial charge in [-0.05, 0) is 45.8 Å². The van der Waals surface area contributed by atoms with E-state index in [-0.39, 0.29) is 12.2 Å². The number of anilines is 1. The van der Waals surface area contributed by atoms with Gasteiger partial charge in [0.05, 0.1) is 0 Å². The first-order chi connectivity index (χ1) is 9.79. The second kappa shape index (κ2) is 6.43. The minimum absolute atomic E-state index is 0.0605. The molecule has 0 spiro atoms. The van der Waals surface area contributed by atoms with E-state index in [1.807, 2.05) is 0 Å². The normalized spacial score (nSPS) is 11.6. The summed E-state index contributed by atoms with van der Waals surface area (Å²) in [6, 6.07) is 9.23. The molecule has 0 aliphatic heterocycles. The largest absolute Gasteiger partial charge is 0.398 e. The van der Waals surface area contributed by atoms with Gasteiger partial charge in [0.25, 0.3) is 0 Å².